The van der Waals surface area contributed by atoms with Gasteiger partial charge in [0.2, 0.25) is 5.95 Å². The van der Waals surface area contributed by atoms with Gasteiger partial charge in [0.15, 0.2) is 0 Å². The maximum Gasteiger partial charge on any atom is 0.256 e. The third-order valence-corrected chi connectivity index (χ3v) is 8.41. The van der Waals surface area contributed by atoms with Crippen LogP contribution in [0.1, 0.15) is 61.5 Å². The molecule has 2 fully saturated rings. The number of likely N-dealkylation sites (tertiary alicyclic amines) is 1. The molecule has 41 heavy (non-hydrogen) atoms. The molecule has 0 aliphatic carbocycles. The summed E-state index contributed by atoms with van der Waals surface area (Å²) in [5.74, 6) is 1.38. The van der Waals surface area contributed by atoms with Crippen molar-refractivity contribution >= 4 is 34.9 Å². The van der Waals surface area contributed by atoms with Gasteiger partial charge in [-0.1, -0.05) is 26.0 Å². The van der Waals surface area contributed by atoms with E-state index in [1.54, 1.807) is 6.08 Å². The summed E-state index contributed by atoms with van der Waals surface area (Å²) in [5, 5.41) is 9.34. The van der Waals surface area contributed by atoms with Crippen molar-refractivity contribution < 1.29 is 4.79 Å². The monoisotopic (exact) mass is 554 g/mol. The minimum absolute atomic E-state index is 0.276. The van der Waals surface area contributed by atoms with Crippen LogP contribution in [0.3, 0.4) is 0 Å². The molecule has 2 saturated heterocycles. The number of carbonyl (C=O) groups is 1. The summed E-state index contributed by atoms with van der Waals surface area (Å²) in [6.45, 7) is 12.9. The van der Waals surface area contributed by atoms with Gasteiger partial charge in [-0.3, -0.25) is 4.79 Å². The number of hydrogen-bond donors (Lipinski definition) is 3. The SMILES string of the molecule is C=CCNC(=O)c1cnc(Nc2ccc(N3CCC4(CCN(C)CC4)CC3)cc2)nc1Nc1cccc(C(C)C)n1. The Morgan fingerprint density at radius 1 is 1.00 bits per heavy atom. The molecule has 0 atom stereocenters. The summed E-state index contributed by atoms with van der Waals surface area (Å²) in [6.07, 6.45) is 8.35. The van der Waals surface area contributed by atoms with Crippen LogP contribution in [-0.4, -0.2) is 65.5 Å². The summed E-state index contributed by atoms with van der Waals surface area (Å²) in [5.41, 5.74) is 3.94. The predicted molar refractivity (Wildman–Crippen MR) is 167 cm³/mol. The third kappa shape index (κ3) is 7.03. The lowest BCUT2D eigenvalue weighted by molar-refractivity contribution is 0.0944. The molecule has 0 unspecified atom stereocenters. The van der Waals surface area contributed by atoms with E-state index < -0.39 is 0 Å². The van der Waals surface area contributed by atoms with Gasteiger partial charge in [-0.25, -0.2) is 9.97 Å². The van der Waals surface area contributed by atoms with Gasteiger partial charge in [0, 0.05) is 42.9 Å². The Hall–Kier alpha value is -3.98. The van der Waals surface area contributed by atoms with Crippen LogP contribution in [0.15, 0.2) is 61.3 Å². The van der Waals surface area contributed by atoms with Gasteiger partial charge >= 0.3 is 0 Å². The highest BCUT2D eigenvalue weighted by Gasteiger charge is 2.36. The van der Waals surface area contributed by atoms with Crippen LogP contribution in [0.2, 0.25) is 0 Å². The molecular weight excluding hydrogens is 512 g/mol. The summed E-state index contributed by atoms with van der Waals surface area (Å²) >= 11 is 0. The van der Waals surface area contributed by atoms with Gasteiger partial charge < -0.3 is 25.8 Å². The van der Waals surface area contributed by atoms with Gasteiger partial charge in [-0.15, -0.1) is 6.58 Å². The standard InChI is InChI=1S/C32H42N8O/c1-5-17-33-30(41)26-22-34-31(38-29(26)37-28-8-6-7-27(36-28)23(2)3)35-24-9-11-25(12-10-24)40-20-15-32(16-21-40)13-18-39(4)19-14-32/h5-12,22-23H,1,13-21H2,2-4H3,(H,33,41)(H2,34,35,36,37,38). The molecule has 2 aliphatic rings. The van der Waals surface area contributed by atoms with E-state index in [2.05, 4.69) is 92.4 Å². The fraction of sp³-hybridized carbons (Fsp3) is 0.438. The molecule has 5 rings (SSSR count). The first kappa shape index (κ1) is 28.5. The molecule has 0 bridgehead atoms. The van der Waals surface area contributed by atoms with E-state index in [-0.39, 0.29) is 11.8 Å². The molecule has 3 N–H and O–H groups in total. The molecule has 1 amide bonds. The number of carbonyl (C=O) groups excluding carboxylic acids is 1. The molecule has 216 valence electrons. The maximum atomic E-state index is 12.8. The number of nitrogens with zero attached hydrogens (tertiary/aromatic N) is 5. The number of hydrogen-bond acceptors (Lipinski definition) is 8. The lowest BCUT2D eigenvalue weighted by atomic mass is 9.71. The van der Waals surface area contributed by atoms with Crippen LogP contribution < -0.4 is 20.9 Å². The first-order chi connectivity index (χ1) is 19.8. The van der Waals surface area contributed by atoms with Crippen molar-refractivity contribution in [2.75, 3.05) is 55.3 Å². The average molecular weight is 555 g/mol. The smallest absolute Gasteiger partial charge is 0.256 e. The summed E-state index contributed by atoms with van der Waals surface area (Å²) < 4.78 is 0. The van der Waals surface area contributed by atoms with Crippen LogP contribution in [0.5, 0.6) is 0 Å². The summed E-state index contributed by atoms with van der Waals surface area (Å²) in [7, 11) is 2.23. The van der Waals surface area contributed by atoms with E-state index in [1.807, 2.05) is 18.2 Å². The Morgan fingerprint density at radius 2 is 1.71 bits per heavy atom. The van der Waals surface area contributed by atoms with Crippen LogP contribution in [-0.2, 0) is 0 Å². The number of pyridine rings is 1. The highest BCUT2D eigenvalue weighted by Crippen LogP contribution is 2.42. The van der Waals surface area contributed by atoms with Crippen molar-refractivity contribution in [2.45, 2.75) is 45.4 Å². The summed E-state index contributed by atoms with van der Waals surface area (Å²) in [4.78, 5) is 31.6. The largest absolute Gasteiger partial charge is 0.371 e. The molecule has 1 aromatic carbocycles. The Kier molecular flexibility index (Phi) is 8.83. The minimum atomic E-state index is -0.285. The quantitative estimate of drug-likeness (QED) is 0.289. The van der Waals surface area contributed by atoms with E-state index in [1.165, 1.54) is 50.7 Å². The van der Waals surface area contributed by atoms with Crippen LogP contribution in [0.25, 0.3) is 0 Å². The van der Waals surface area contributed by atoms with Gasteiger partial charge in [0.1, 0.15) is 17.2 Å². The second-order valence-electron chi connectivity index (χ2n) is 11.6. The van der Waals surface area contributed by atoms with Crippen LogP contribution >= 0.6 is 0 Å². The average Bonchev–Trinajstić information content (AvgIpc) is 2.99. The first-order valence-electron chi connectivity index (χ1n) is 14.6. The van der Waals surface area contributed by atoms with Gasteiger partial charge in [0.25, 0.3) is 5.91 Å². The molecule has 0 radical (unpaired) electrons. The Labute approximate surface area is 243 Å². The van der Waals surface area contributed by atoms with E-state index in [0.29, 0.717) is 35.1 Å². The Bertz CT molecular complexity index is 1340. The molecule has 4 heterocycles. The number of benzene rings is 1. The molecular formula is C32H42N8O. The topological polar surface area (TPSA) is 98.3 Å². The summed E-state index contributed by atoms with van der Waals surface area (Å²) in [6, 6.07) is 14.2. The van der Waals surface area contributed by atoms with Crippen molar-refractivity contribution in [3.63, 3.8) is 0 Å². The van der Waals surface area contributed by atoms with Crippen molar-refractivity contribution in [3.05, 3.63) is 72.6 Å². The van der Waals surface area contributed by atoms with Crippen LogP contribution in [0.4, 0.5) is 29.0 Å². The van der Waals surface area contributed by atoms with Gasteiger partial charge in [0.05, 0.1) is 0 Å². The van der Waals surface area contributed by atoms with E-state index in [9.17, 15) is 4.79 Å². The Balaban J connectivity index is 1.28. The van der Waals surface area contributed by atoms with Gasteiger partial charge in [-0.05, 0) is 93.6 Å². The number of rotatable bonds is 9. The molecule has 2 aliphatic heterocycles. The number of nitrogens with one attached hydrogen (secondary N) is 3. The fourth-order valence-corrected chi connectivity index (χ4v) is 5.64. The van der Waals surface area contributed by atoms with Crippen molar-refractivity contribution in [1.82, 2.24) is 25.2 Å². The molecule has 2 aromatic heterocycles. The van der Waals surface area contributed by atoms with Crippen molar-refractivity contribution in [1.29, 1.82) is 0 Å². The third-order valence-electron chi connectivity index (χ3n) is 8.41. The van der Waals surface area contributed by atoms with E-state index in [4.69, 9.17) is 0 Å². The zero-order chi connectivity index (χ0) is 28.8. The zero-order valence-corrected chi connectivity index (χ0v) is 24.5. The minimum Gasteiger partial charge on any atom is -0.371 e. The normalized spacial score (nSPS) is 16.9. The van der Waals surface area contributed by atoms with Crippen molar-refractivity contribution in [3.8, 4) is 0 Å². The highest BCUT2D eigenvalue weighted by molar-refractivity contribution is 5.99. The number of anilines is 5. The Morgan fingerprint density at radius 3 is 2.39 bits per heavy atom. The molecule has 3 aromatic rings. The van der Waals surface area contributed by atoms with Crippen molar-refractivity contribution in [2.24, 2.45) is 5.41 Å². The number of amides is 1. The second-order valence-corrected chi connectivity index (χ2v) is 11.6. The number of aromatic nitrogens is 3. The van der Waals surface area contributed by atoms with Crippen LogP contribution in [0, 0.1) is 5.41 Å². The molecule has 1 spiro atoms. The second kappa shape index (κ2) is 12.7. The molecule has 0 saturated carbocycles. The molecule has 9 nitrogen and oxygen atoms in total. The van der Waals surface area contributed by atoms with E-state index in [0.717, 1.165) is 24.5 Å². The first-order valence-corrected chi connectivity index (χ1v) is 14.6. The molecule has 9 heteroatoms. The predicted octanol–water partition coefficient (Wildman–Crippen LogP) is 5.71. The maximum absolute atomic E-state index is 12.8. The fourth-order valence-electron chi connectivity index (χ4n) is 5.64. The lowest BCUT2D eigenvalue weighted by Gasteiger charge is -2.46. The zero-order valence-electron chi connectivity index (χ0n) is 24.5. The van der Waals surface area contributed by atoms with Gasteiger partial charge in [-0.2, -0.15) is 4.98 Å². The highest BCUT2D eigenvalue weighted by atomic mass is 16.1. The van der Waals surface area contributed by atoms with E-state index >= 15 is 0 Å². The number of piperidine rings is 2. The lowest BCUT2D eigenvalue weighted by Crippen LogP contribution is -2.46.